The lowest BCUT2D eigenvalue weighted by Crippen LogP contribution is -2.24. The number of aryl methyl sites for hydroxylation is 1. The van der Waals surface area contributed by atoms with Crippen molar-refractivity contribution in [2.24, 2.45) is 0 Å². The molecule has 4 aromatic rings. The predicted octanol–water partition coefficient (Wildman–Crippen LogP) is 6.07. The summed E-state index contributed by atoms with van der Waals surface area (Å²) in [4.78, 5) is 35.6. The number of hydrogen-bond donors (Lipinski definition) is 1. The first kappa shape index (κ1) is 24.7. The Balaban J connectivity index is 1.67. The Morgan fingerprint density at radius 1 is 0.971 bits per heavy atom. The number of amides is 1. The molecular formula is C28H30N4O2S. The zero-order valence-electron chi connectivity index (χ0n) is 20.7. The Morgan fingerprint density at radius 2 is 1.66 bits per heavy atom. The zero-order chi connectivity index (χ0) is 25.1. The van der Waals surface area contributed by atoms with Crippen molar-refractivity contribution in [3.8, 4) is 5.82 Å². The van der Waals surface area contributed by atoms with Crippen molar-refractivity contribution in [2.75, 3.05) is 11.1 Å². The molecule has 0 aliphatic heterocycles. The van der Waals surface area contributed by atoms with Crippen molar-refractivity contribution in [1.82, 2.24) is 14.5 Å². The van der Waals surface area contributed by atoms with Crippen LogP contribution in [0.2, 0.25) is 0 Å². The van der Waals surface area contributed by atoms with Gasteiger partial charge in [0.1, 0.15) is 5.82 Å². The van der Waals surface area contributed by atoms with Crippen molar-refractivity contribution in [3.63, 3.8) is 0 Å². The molecule has 0 fully saturated rings. The van der Waals surface area contributed by atoms with Gasteiger partial charge in [0.15, 0.2) is 5.16 Å². The van der Waals surface area contributed by atoms with E-state index in [-0.39, 0.29) is 29.1 Å². The molecule has 7 heteroatoms. The molecule has 180 valence electrons. The average molecular weight is 487 g/mol. The van der Waals surface area contributed by atoms with Gasteiger partial charge in [-0.3, -0.25) is 9.59 Å². The smallest absolute Gasteiger partial charge is 0.267 e. The molecule has 35 heavy (non-hydrogen) atoms. The maximum absolute atomic E-state index is 13.4. The molecule has 0 aliphatic rings. The number of nitrogens with one attached hydrogen (secondary N) is 1. The summed E-state index contributed by atoms with van der Waals surface area (Å²) in [7, 11) is 0. The molecule has 4 rings (SSSR count). The first-order chi connectivity index (χ1) is 16.8. The number of carbonyl (C=O) groups is 1. The molecule has 0 saturated heterocycles. The highest BCUT2D eigenvalue weighted by Gasteiger charge is 2.18. The van der Waals surface area contributed by atoms with E-state index in [0.29, 0.717) is 21.9 Å². The van der Waals surface area contributed by atoms with Crippen LogP contribution in [-0.4, -0.2) is 26.2 Å². The van der Waals surface area contributed by atoms with Gasteiger partial charge < -0.3 is 5.32 Å². The number of carbonyl (C=O) groups excluding carboxylic acids is 1. The van der Waals surface area contributed by atoms with Gasteiger partial charge in [0.2, 0.25) is 5.91 Å². The number of aromatic nitrogens is 3. The van der Waals surface area contributed by atoms with Crippen LogP contribution < -0.4 is 10.9 Å². The third-order valence-corrected chi connectivity index (χ3v) is 6.78. The van der Waals surface area contributed by atoms with Gasteiger partial charge in [0.05, 0.1) is 16.7 Å². The van der Waals surface area contributed by atoms with E-state index in [1.54, 1.807) is 18.3 Å². The molecule has 1 amide bonds. The fraction of sp³-hybridized carbons (Fsp3) is 0.286. The minimum atomic E-state index is -0.206. The third kappa shape index (κ3) is 5.30. The lowest BCUT2D eigenvalue weighted by atomic mass is 9.92. The maximum atomic E-state index is 13.4. The van der Waals surface area contributed by atoms with Crippen LogP contribution >= 0.6 is 11.8 Å². The number of nitrogens with zero attached hydrogens (tertiary/aromatic N) is 3. The first-order valence-electron chi connectivity index (χ1n) is 11.8. The molecule has 0 unspecified atom stereocenters. The van der Waals surface area contributed by atoms with Crippen LogP contribution in [0.4, 0.5) is 5.69 Å². The number of benzene rings is 2. The van der Waals surface area contributed by atoms with Crippen LogP contribution in [0.25, 0.3) is 16.7 Å². The van der Waals surface area contributed by atoms with Gasteiger partial charge in [-0.15, -0.1) is 0 Å². The van der Waals surface area contributed by atoms with Crippen molar-refractivity contribution in [2.45, 2.75) is 51.6 Å². The van der Waals surface area contributed by atoms with Crippen molar-refractivity contribution in [3.05, 3.63) is 87.8 Å². The van der Waals surface area contributed by atoms with Crippen molar-refractivity contribution < 1.29 is 4.79 Å². The van der Waals surface area contributed by atoms with Crippen molar-refractivity contribution >= 4 is 34.3 Å². The minimum Gasteiger partial charge on any atom is -0.325 e. The van der Waals surface area contributed by atoms with Gasteiger partial charge in [0.25, 0.3) is 5.56 Å². The highest BCUT2D eigenvalue weighted by molar-refractivity contribution is 7.99. The summed E-state index contributed by atoms with van der Waals surface area (Å²) < 4.78 is 1.49. The van der Waals surface area contributed by atoms with Crippen LogP contribution in [-0.2, 0) is 4.79 Å². The lowest BCUT2D eigenvalue weighted by molar-refractivity contribution is -0.113. The number of anilines is 1. The van der Waals surface area contributed by atoms with Gasteiger partial charge in [-0.25, -0.2) is 14.5 Å². The molecule has 0 aliphatic carbocycles. The van der Waals surface area contributed by atoms with Crippen LogP contribution in [0.5, 0.6) is 0 Å². The zero-order valence-corrected chi connectivity index (χ0v) is 21.5. The largest absolute Gasteiger partial charge is 0.325 e. The molecule has 0 spiro atoms. The van der Waals surface area contributed by atoms with Gasteiger partial charge in [-0.05, 0) is 53.6 Å². The van der Waals surface area contributed by atoms with Gasteiger partial charge in [-0.2, -0.15) is 0 Å². The lowest BCUT2D eigenvalue weighted by Gasteiger charge is -2.20. The summed E-state index contributed by atoms with van der Waals surface area (Å²) in [6, 6.07) is 17.1. The quantitative estimate of drug-likeness (QED) is 0.254. The summed E-state index contributed by atoms with van der Waals surface area (Å²) in [5, 5.41) is 4.08. The van der Waals surface area contributed by atoms with Gasteiger partial charge in [0, 0.05) is 11.9 Å². The van der Waals surface area contributed by atoms with E-state index in [2.05, 4.69) is 50.1 Å². The fourth-order valence-corrected chi connectivity index (χ4v) is 4.81. The van der Waals surface area contributed by atoms with E-state index in [4.69, 9.17) is 4.98 Å². The third-order valence-electron chi connectivity index (χ3n) is 5.84. The molecule has 0 radical (unpaired) electrons. The van der Waals surface area contributed by atoms with Crippen LogP contribution in [0.1, 0.15) is 56.2 Å². The van der Waals surface area contributed by atoms with E-state index in [1.165, 1.54) is 16.3 Å². The summed E-state index contributed by atoms with van der Waals surface area (Å²) in [6.45, 7) is 10.4. The second kappa shape index (κ2) is 10.4. The highest BCUT2D eigenvalue weighted by Crippen LogP contribution is 2.32. The number of hydrogen-bond acceptors (Lipinski definition) is 5. The second-order valence-electron chi connectivity index (χ2n) is 9.20. The van der Waals surface area contributed by atoms with Crippen LogP contribution in [0.3, 0.4) is 0 Å². The molecule has 2 heterocycles. The summed E-state index contributed by atoms with van der Waals surface area (Å²) in [5.74, 6) is 0.999. The highest BCUT2D eigenvalue weighted by atomic mass is 32.2. The van der Waals surface area contributed by atoms with E-state index >= 15 is 0 Å². The Hall–Kier alpha value is -3.45. The topological polar surface area (TPSA) is 76.9 Å². The average Bonchev–Trinajstić information content (AvgIpc) is 2.83. The molecule has 2 aromatic carbocycles. The molecule has 1 N–H and O–H groups in total. The Labute approximate surface area is 209 Å². The molecular weight excluding hydrogens is 456 g/mol. The van der Waals surface area contributed by atoms with E-state index in [9.17, 15) is 9.59 Å². The maximum Gasteiger partial charge on any atom is 0.267 e. The molecule has 0 saturated carbocycles. The number of pyridine rings is 1. The molecule has 0 bridgehead atoms. The van der Waals surface area contributed by atoms with E-state index < -0.39 is 0 Å². The number of rotatable bonds is 7. The predicted molar refractivity (Wildman–Crippen MR) is 144 cm³/mol. The van der Waals surface area contributed by atoms with Crippen LogP contribution in [0, 0.1) is 6.92 Å². The number of thioether (sulfide) groups is 1. The molecule has 2 aromatic heterocycles. The van der Waals surface area contributed by atoms with Crippen LogP contribution in [0.15, 0.2) is 70.7 Å². The Bertz CT molecular complexity index is 1400. The Morgan fingerprint density at radius 3 is 2.29 bits per heavy atom. The summed E-state index contributed by atoms with van der Waals surface area (Å²) in [6.07, 6.45) is 1.72. The van der Waals surface area contributed by atoms with Gasteiger partial charge in [-0.1, -0.05) is 75.9 Å². The number of fused-ring (bicyclic) bond motifs is 1. The second-order valence-corrected chi connectivity index (χ2v) is 10.1. The van der Waals surface area contributed by atoms with Crippen molar-refractivity contribution in [1.29, 1.82) is 0 Å². The fourth-order valence-electron chi connectivity index (χ4n) is 4.00. The van der Waals surface area contributed by atoms with E-state index in [0.717, 1.165) is 22.4 Å². The van der Waals surface area contributed by atoms with E-state index in [1.807, 2.05) is 37.3 Å². The number of para-hydroxylation sites is 2. The molecule has 0 atom stereocenters. The first-order valence-corrected chi connectivity index (χ1v) is 12.7. The standard InChI is InChI=1S/C28H30N4O2S/c1-17(2)20-10-8-11-21(18(3)4)26(20)31-25(33)16-35-28-30-23-12-7-6-9-22(23)27(34)32(28)24-14-13-19(5)15-29-24/h6-15,17-18H,16H2,1-5H3,(H,31,33). The minimum absolute atomic E-state index is 0.112. The monoisotopic (exact) mass is 486 g/mol. The van der Waals surface area contributed by atoms with Gasteiger partial charge >= 0.3 is 0 Å². The summed E-state index contributed by atoms with van der Waals surface area (Å²) >= 11 is 1.23. The Kier molecular flexibility index (Phi) is 7.36. The molecule has 6 nitrogen and oxygen atoms in total. The SMILES string of the molecule is Cc1ccc(-n2c(SCC(=O)Nc3c(C(C)C)cccc3C(C)C)nc3ccccc3c2=O)nc1. The summed E-state index contributed by atoms with van der Waals surface area (Å²) in [5.41, 5.74) is 4.48. The normalized spacial score (nSPS) is 11.4.